The molecule has 0 bridgehead atoms. The number of methoxy groups -OCH3 is 1. The van der Waals surface area contributed by atoms with Crippen molar-refractivity contribution in [3.8, 4) is 0 Å². The molecule has 0 spiro atoms. The van der Waals surface area contributed by atoms with Crippen LogP contribution in [0.1, 0.15) is 12.8 Å². The highest BCUT2D eigenvalue weighted by Gasteiger charge is 2.30. The average molecular weight is 269 g/mol. The molecule has 18 heavy (non-hydrogen) atoms. The standard InChI is InChI=1S/C13H23NO3Si/c1-17-13(16)10-14-11(7-8-12(14)15)6-5-9-18(2,3)4/h5-6,11H,7-10H2,1-4H3/b6-5+. The maximum absolute atomic E-state index is 11.7. The Morgan fingerprint density at radius 2 is 2.17 bits per heavy atom. The summed E-state index contributed by atoms with van der Waals surface area (Å²) in [5, 5.41) is 0. The van der Waals surface area contributed by atoms with Gasteiger partial charge in [0.15, 0.2) is 0 Å². The summed E-state index contributed by atoms with van der Waals surface area (Å²) in [6.45, 7) is 6.99. The first-order valence-corrected chi connectivity index (χ1v) is 10.1. The Morgan fingerprint density at radius 3 is 2.72 bits per heavy atom. The summed E-state index contributed by atoms with van der Waals surface area (Å²) in [7, 11) is 0.257. The van der Waals surface area contributed by atoms with Gasteiger partial charge in [0.2, 0.25) is 5.91 Å². The summed E-state index contributed by atoms with van der Waals surface area (Å²) in [6, 6.07) is 1.16. The highest BCUT2D eigenvalue weighted by molar-refractivity contribution is 6.76. The van der Waals surface area contributed by atoms with E-state index in [4.69, 9.17) is 0 Å². The summed E-state index contributed by atoms with van der Waals surface area (Å²) in [6.07, 6.45) is 5.57. The number of likely N-dealkylation sites (tertiary alicyclic amines) is 1. The molecule has 1 amide bonds. The molecule has 1 saturated heterocycles. The highest BCUT2D eigenvalue weighted by Crippen LogP contribution is 2.20. The van der Waals surface area contributed by atoms with Crippen LogP contribution in [0.3, 0.4) is 0 Å². The van der Waals surface area contributed by atoms with E-state index in [0.29, 0.717) is 6.42 Å². The van der Waals surface area contributed by atoms with Gasteiger partial charge in [0, 0.05) is 14.5 Å². The minimum Gasteiger partial charge on any atom is -0.468 e. The summed E-state index contributed by atoms with van der Waals surface area (Å²) in [4.78, 5) is 24.6. The monoisotopic (exact) mass is 269 g/mol. The molecule has 102 valence electrons. The molecular weight excluding hydrogens is 246 g/mol. The van der Waals surface area contributed by atoms with Gasteiger partial charge in [-0.05, 0) is 12.5 Å². The van der Waals surface area contributed by atoms with Crippen molar-refractivity contribution in [2.45, 2.75) is 44.6 Å². The predicted octanol–water partition coefficient (Wildman–Crippen LogP) is 2.04. The van der Waals surface area contributed by atoms with Crippen molar-refractivity contribution in [2.75, 3.05) is 13.7 Å². The number of esters is 1. The second-order valence-corrected chi connectivity index (χ2v) is 11.4. The third-order valence-electron chi connectivity index (χ3n) is 2.99. The molecule has 1 aliphatic rings. The van der Waals surface area contributed by atoms with Crippen molar-refractivity contribution in [1.82, 2.24) is 4.90 Å². The molecule has 0 radical (unpaired) electrons. The topological polar surface area (TPSA) is 46.6 Å². The van der Waals surface area contributed by atoms with Gasteiger partial charge in [0.25, 0.3) is 0 Å². The van der Waals surface area contributed by atoms with Gasteiger partial charge in [-0.2, -0.15) is 0 Å². The molecule has 1 rings (SSSR count). The Morgan fingerprint density at radius 1 is 1.50 bits per heavy atom. The number of allylic oxidation sites excluding steroid dienone is 1. The van der Waals surface area contributed by atoms with E-state index in [-0.39, 0.29) is 24.5 Å². The third kappa shape index (κ3) is 4.64. The summed E-state index contributed by atoms with van der Waals surface area (Å²) >= 11 is 0. The molecule has 0 aromatic heterocycles. The van der Waals surface area contributed by atoms with Crippen LogP contribution in [0.2, 0.25) is 25.7 Å². The number of nitrogens with zero attached hydrogens (tertiary/aromatic N) is 1. The quantitative estimate of drug-likeness (QED) is 0.436. The second kappa shape index (κ2) is 6.18. The minimum atomic E-state index is -1.09. The van der Waals surface area contributed by atoms with Crippen LogP contribution in [0.5, 0.6) is 0 Å². The van der Waals surface area contributed by atoms with E-state index < -0.39 is 8.07 Å². The first kappa shape index (κ1) is 15.0. The lowest BCUT2D eigenvalue weighted by Gasteiger charge is -2.21. The predicted molar refractivity (Wildman–Crippen MR) is 74.0 cm³/mol. The van der Waals surface area contributed by atoms with Crippen LogP contribution < -0.4 is 0 Å². The molecule has 0 aromatic rings. The zero-order chi connectivity index (χ0) is 13.8. The van der Waals surface area contributed by atoms with Crippen LogP contribution >= 0.6 is 0 Å². The van der Waals surface area contributed by atoms with E-state index >= 15 is 0 Å². The Hall–Kier alpha value is -1.10. The fraction of sp³-hybridized carbons (Fsp3) is 0.692. The van der Waals surface area contributed by atoms with Gasteiger partial charge in [0.05, 0.1) is 13.2 Å². The van der Waals surface area contributed by atoms with Crippen molar-refractivity contribution in [3.05, 3.63) is 12.2 Å². The van der Waals surface area contributed by atoms with E-state index in [2.05, 4.69) is 36.5 Å². The molecule has 5 heteroatoms. The van der Waals surface area contributed by atoms with E-state index in [9.17, 15) is 9.59 Å². The third-order valence-corrected chi connectivity index (χ3v) is 4.45. The molecule has 1 aliphatic heterocycles. The van der Waals surface area contributed by atoms with Gasteiger partial charge in [-0.25, -0.2) is 0 Å². The van der Waals surface area contributed by atoms with Crippen LogP contribution in [0.4, 0.5) is 0 Å². The molecule has 0 aromatic carbocycles. The Kier molecular flexibility index (Phi) is 5.13. The van der Waals surface area contributed by atoms with Gasteiger partial charge in [-0.3, -0.25) is 9.59 Å². The fourth-order valence-electron chi connectivity index (χ4n) is 1.94. The van der Waals surface area contributed by atoms with Crippen LogP contribution in [-0.2, 0) is 14.3 Å². The number of hydrogen-bond donors (Lipinski definition) is 0. The summed E-state index contributed by atoms with van der Waals surface area (Å²) in [5.41, 5.74) is 0. The number of carbonyl (C=O) groups excluding carboxylic acids is 2. The SMILES string of the molecule is COC(=O)CN1C(=O)CCC1/C=C/C[Si](C)(C)C. The number of amides is 1. The van der Waals surface area contributed by atoms with Gasteiger partial charge in [-0.15, -0.1) is 0 Å². The molecule has 1 fully saturated rings. The lowest BCUT2D eigenvalue weighted by molar-refractivity contribution is -0.146. The minimum absolute atomic E-state index is 0.0445. The first-order chi connectivity index (χ1) is 8.33. The van der Waals surface area contributed by atoms with Gasteiger partial charge >= 0.3 is 5.97 Å². The van der Waals surface area contributed by atoms with Crippen molar-refractivity contribution < 1.29 is 14.3 Å². The molecule has 1 unspecified atom stereocenters. The first-order valence-electron chi connectivity index (χ1n) is 6.36. The van der Waals surface area contributed by atoms with Crippen molar-refractivity contribution >= 4 is 20.0 Å². The second-order valence-electron chi connectivity index (χ2n) is 5.90. The molecule has 1 heterocycles. The van der Waals surface area contributed by atoms with Crippen LogP contribution in [0.15, 0.2) is 12.2 Å². The zero-order valence-corrected chi connectivity index (χ0v) is 12.7. The maximum atomic E-state index is 11.7. The van der Waals surface area contributed by atoms with Gasteiger partial charge in [-0.1, -0.05) is 31.8 Å². The fourth-order valence-corrected chi connectivity index (χ4v) is 2.79. The number of ether oxygens (including phenoxy) is 1. The smallest absolute Gasteiger partial charge is 0.325 e. The highest BCUT2D eigenvalue weighted by atomic mass is 28.3. The van der Waals surface area contributed by atoms with Crippen LogP contribution in [0, 0.1) is 0 Å². The number of carbonyl (C=O) groups is 2. The van der Waals surface area contributed by atoms with Crippen molar-refractivity contribution in [3.63, 3.8) is 0 Å². The summed E-state index contributed by atoms with van der Waals surface area (Å²) < 4.78 is 4.62. The average Bonchev–Trinajstić information content (AvgIpc) is 2.59. The molecular formula is C13H23NO3Si. The van der Waals surface area contributed by atoms with E-state index in [1.807, 2.05) is 0 Å². The number of rotatable bonds is 5. The molecule has 0 aliphatic carbocycles. The summed E-state index contributed by atoms with van der Waals surface area (Å²) in [5.74, 6) is -0.308. The molecule has 0 saturated carbocycles. The Bertz CT molecular complexity index is 347. The van der Waals surface area contributed by atoms with Crippen LogP contribution in [0.25, 0.3) is 0 Å². The molecule has 0 N–H and O–H groups in total. The molecule has 1 atom stereocenters. The van der Waals surface area contributed by atoms with E-state index in [1.165, 1.54) is 7.11 Å². The van der Waals surface area contributed by atoms with Crippen molar-refractivity contribution in [2.24, 2.45) is 0 Å². The lowest BCUT2D eigenvalue weighted by Crippen LogP contribution is -2.36. The maximum Gasteiger partial charge on any atom is 0.325 e. The van der Waals surface area contributed by atoms with E-state index in [1.54, 1.807) is 4.90 Å². The van der Waals surface area contributed by atoms with Crippen LogP contribution in [-0.4, -0.2) is 44.5 Å². The lowest BCUT2D eigenvalue weighted by atomic mass is 10.2. The molecule has 4 nitrogen and oxygen atoms in total. The number of hydrogen-bond acceptors (Lipinski definition) is 3. The van der Waals surface area contributed by atoms with E-state index in [0.717, 1.165) is 12.5 Å². The van der Waals surface area contributed by atoms with Gasteiger partial charge < -0.3 is 9.64 Å². The Labute approximate surface area is 110 Å². The van der Waals surface area contributed by atoms with Gasteiger partial charge in [0.1, 0.15) is 6.54 Å². The normalized spacial score (nSPS) is 20.8. The largest absolute Gasteiger partial charge is 0.468 e. The van der Waals surface area contributed by atoms with Crippen molar-refractivity contribution in [1.29, 1.82) is 0 Å². The zero-order valence-electron chi connectivity index (χ0n) is 11.7. The Balaban J connectivity index is 2.58.